The van der Waals surface area contributed by atoms with Gasteiger partial charge in [-0.3, -0.25) is 4.79 Å². The molecular formula is C11H15NO3S. The minimum atomic E-state index is -0.397. The summed E-state index contributed by atoms with van der Waals surface area (Å²) in [4.78, 5) is 12.3. The van der Waals surface area contributed by atoms with Gasteiger partial charge in [-0.2, -0.15) is 0 Å². The molecule has 1 aliphatic rings. The van der Waals surface area contributed by atoms with E-state index in [9.17, 15) is 9.90 Å². The summed E-state index contributed by atoms with van der Waals surface area (Å²) in [5, 5.41) is 14.1. The van der Waals surface area contributed by atoms with E-state index in [1.165, 1.54) is 11.3 Å². The predicted octanol–water partition coefficient (Wildman–Crippen LogP) is 1.26. The first-order chi connectivity index (χ1) is 7.70. The van der Waals surface area contributed by atoms with Gasteiger partial charge in [-0.25, -0.2) is 0 Å². The molecule has 1 heterocycles. The Morgan fingerprint density at radius 2 is 2.50 bits per heavy atom. The number of hydrogen-bond donors (Lipinski definition) is 2. The predicted molar refractivity (Wildman–Crippen MR) is 61.9 cm³/mol. The second-order valence-corrected chi connectivity index (χ2v) is 4.88. The lowest BCUT2D eigenvalue weighted by Gasteiger charge is -2.09. The first-order valence-corrected chi connectivity index (χ1v) is 6.17. The summed E-state index contributed by atoms with van der Waals surface area (Å²) < 4.78 is 5.00. The number of methoxy groups -OCH3 is 1. The van der Waals surface area contributed by atoms with Gasteiger partial charge in [0, 0.05) is 18.0 Å². The van der Waals surface area contributed by atoms with Crippen molar-refractivity contribution in [2.75, 3.05) is 13.7 Å². The number of carbonyl (C=O) groups excluding carboxylic acids is 1. The second-order valence-electron chi connectivity index (χ2n) is 3.97. The Kier molecular flexibility index (Phi) is 3.46. The molecule has 0 bridgehead atoms. The van der Waals surface area contributed by atoms with Crippen molar-refractivity contribution in [2.45, 2.75) is 18.9 Å². The van der Waals surface area contributed by atoms with Crippen LogP contribution in [0.5, 0.6) is 5.75 Å². The molecule has 0 aromatic carbocycles. The van der Waals surface area contributed by atoms with Crippen LogP contribution in [0.1, 0.15) is 22.5 Å². The molecule has 1 fully saturated rings. The highest BCUT2D eigenvalue weighted by Crippen LogP contribution is 2.32. The van der Waals surface area contributed by atoms with Crippen LogP contribution in [0.3, 0.4) is 0 Å². The summed E-state index contributed by atoms with van der Waals surface area (Å²) in [7, 11) is 1.57. The van der Waals surface area contributed by atoms with Crippen molar-refractivity contribution >= 4 is 17.2 Å². The lowest BCUT2D eigenvalue weighted by Crippen LogP contribution is -2.32. The summed E-state index contributed by atoms with van der Waals surface area (Å²) >= 11 is 1.34. The van der Waals surface area contributed by atoms with E-state index in [1.54, 1.807) is 18.6 Å². The Morgan fingerprint density at radius 1 is 1.75 bits per heavy atom. The molecule has 0 spiro atoms. The number of rotatable bonds is 5. The molecule has 2 rings (SSSR count). The zero-order valence-electron chi connectivity index (χ0n) is 9.10. The van der Waals surface area contributed by atoms with Crippen LogP contribution >= 0.6 is 11.3 Å². The van der Waals surface area contributed by atoms with Gasteiger partial charge in [0.2, 0.25) is 0 Å². The van der Waals surface area contributed by atoms with Crippen molar-refractivity contribution in [3.05, 3.63) is 16.3 Å². The molecule has 5 heteroatoms. The normalized spacial score (nSPS) is 16.9. The van der Waals surface area contributed by atoms with E-state index in [4.69, 9.17) is 4.74 Å². The fourth-order valence-corrected chi connectivity index (χ4v) is 2.25. The third-order valence-corrected chi connectivity index (χ3v) is 3.58. The van der Waals surface area contributed by atoms with Crippen molar-refractivity contribution in [3.8, 4) is 5.75 Å². The van der Waals surface area contributed by atoms with Gasteiger partial charge in [0.15, 0.2) is 0 Å². The van der Waals surface area contributed by atoms with Crippen molar-refractivity contribution in [2.24, 2.45) is 5.92 Å². The highest BCUT2D eigenvalue weighted by atomic mass is 32.1. The van der Waals surface area contributed by atoms with Crippen LogP contribution in [0.25, 0.3) is 0 Å². The van der Waals surface area contributed by atoms with E-state index in [-0.39, 0.29) is 5.91 Å². The number of hydrogen-bond acceptors (Lipinski definition) is 4. The van der Waals surface area contributed by atoms with E-state index in [2.05, 4.69) is 5.32 Å². The van der Waals surface area contributed by atoms with E-state index < -0.39 is 6.10 Å². The van der Waals surface area contributed by atoms with Crippen molar-refractivity contribution in [1.29, 1.82) is 0 Å². The maximum absolute atomic E-state index is 11.7. The minimum absolute atomic E-state index is 0.145. The zero-order chi connectivity index (χ0) is 11.5. The SMILES string of the molecule is COc1csc(C(=O)NCC(O)C2CC2)c1. The van der Waals surface area contributed by atoms with Crippen LogP contribution < -0.4 is 10.1 Å². The molecule has 0 saturated heterocycles. The highest BCUT2D eigenvalue weighted by Gasteiger charge is 2.29. The molecule has 4 nitrogen and oxygen atoms in total. The standard InChI is InChI=1S/C11H15NO3S/c1-15-8-4-10(16-6-8)11(14)12-5-9(13)7-2-3-7/h4,6-7,9,13H,2-3,5H2,1H3,(H,12,14). The first kappa shape index (κ1) is 11.4. The minimum Gasteiger partial charge on any atom is -0.496 e. The Bertz CT molecular complexity index is 373. The Morgan fingerprint density at radius 3 is 3.06 bits per heavy atom. The van der Waals surface area contributed by atoms with Gasteiger partial charge < -0.3 is 15.2 Å². The van der Waals surface area contributed by atoms with E-state index in [0.29, 0.717) is 23.1 Å². The molecule has 1 aliphatic carbocycles. The fraction of sp³-hybridized carbons (Fsp3) is 0.545. The molecule has 0 radical (unpaired) electrons. The van der Waals surface area contributed by atoms with Crippen LogP contribution in [0.2, 0.25) is 0 Å². The number of aliphatic hydroxyl groups excluding tert-OH is 1. The zero-order valence-corrected chi connectivity index (χ0v) is 9.92. The van der Waals surface area contributed by atoms with Gasteiger partial charge in [0.25, 0.3) is 5.91 Å². The first-order valence-electron chi connectivity index (χ1n) is 5.29. The Hall–Kier alpha value is -1.07. The monoisotopic (exact) mass is 241 g/mol. The maximum Gasteiger partial charge on any atom is 0.261 e. The molecule has 2 N–H and O–H groups in total. The number of carbonyl (C=O) groups is 1. The topological polar surface area (TPSA) is 58.6 Å². The van der Waals surface area contributed by atoms with Gasteiger partial charge in [0.1, 0.15) is 5.75 Å². The van der Waals surface area contributed by atoms with Gasteiger partial charge in [0.05, 0.1) is 18.1 Å². The third kappa shape index (κ3) is 2.74. The molecule has 88 valence electrons. The average molecular weight is 241 g/mol. The van der Waals surface area contributed by atoms with E-state index in [0.717, 1.165) is 12.8 Å². The average Bonchev–Trinajstić information content (AvgIpc) is 3.03. The third-order valence-electron chi connectivity index (χ3n) is 2.67. The number of amides is 1. The summed E-state index contributed by atoms with van der Waals surface area (Å²) in [5.74, 6) is 0.934. The maximum atomic E-state index is 11.7. The van der Waals surface area contributed by atoms with Gasteiger partial charge >= 0.3 is 0 Å². The quantitative estimate of drug-likeness (QED) is 0.816. The number of thiophene rings is 1. The van der Waals surface area contributed by atoms with Crippen LogP contribution in [0.15, 0.2) is 11.4 Å². The van der Waals surface area contributed by atoms with Crippen molar-refractivity contribution < 1.29 is 14.6 Å². The Labute approximate surface area is 98.2 Å². The van der Waals surface area contributed by atoms with Crippen molar-refractivity contribution in [1.82, 2.24) is 5.32 Å². The van der Waals surface area contributed by atoms with E-state index in [1.807, 2.05) is 0 Å². The van der Waals surface area contributed by atoms with Gasteiger partial charge in [-0.1, -0.05) is 0 Å². The molecule has 1 amide bonds. The molecule has 1 aromatic rings. The lowest BCUT2D eigenvalue weighted by molar-refractivity contribution is 0.0905. The smallest absolute Gasteiger partial charge is 0.261 e. The van der Waals surface area contributed by atoms with Gasteiger partial charge in [-0.15, -0.1) is 11.3 Å². The molecule has 1 aromatic heterocycles. The molecule has 1 atom stereocenters. The van der Waals surface area contributed by atoms with Gasteiger partial charge in [-0.05, 0) is 18.8 Å². The van der Waals surface area contributed by atoms with Crippen LogP contribution in [-0.2, 0) is 0 Å². The molecule has 0 aliphatic heterocycles. The van der Waals surface area contributed by atoms with Crippen LogP contribution in [-0.4, -0.2) is 30.8 Å². The summed E-state index contributed by atoms with van der Waals surface area (Å²) in [6.07, 6.45) is 1.75. The lowest BCUT2D eigenvalue weighted by atomic mass is 10.2. The number of nitrogens with one attached hydrogen (secondary N) is 1. The van der Waals surface area contributed by atoms with Crippen LogP contribution in [0.4, 0.5) is 0 Å². The summed E-state index contributed by atoms with van der Waals surface area (Å²) in [5.41, 5.74) is 0. The second kappa shape index (κ2) is 4.84. The van der Waals surface area contributed by atoms with Crippen molar-refractivity contribution in [3.63, 3.8) is 0 Å². The largest absolute Gasteiger partial charge is 0.496 e. The number of ether oxygens (including phenoxy) is 1. The molecule has 1 unspecified atom stereocenters. The molecular weight excluding hydrogens is 226 g/mol. The van der Waals surface area contributed by atoms with E-state index >= 15 is 0 Å². The highest BCUT2D eigenvalue weighted by molar-refractivity contribution is 7.12. The van der Waals surface area contributed by atoms with Crippen LogP contribution in [0, 0.1) is 5.92 Å². The number of aliphatic hydroxyl groups is 1. The molecule has 16 heavy (non-hydrogen) atoms. The Balaban J connectivity index is 1.82. The summed E-state index contributed by atoms with van der Waals surface area (Å²) in [6.45, 7) is 0.337. The molecule has 1 saturated carbocycles. The fourth-order valence-electron chi connectivity index (χ4n) is 1.48. The summed E-state index contributed by atoms with van der Waals surface area (Å²) in [6, 6.07) is 1.70.